The number of nitrogens with zero attached hydrogens (tertiary/aromatic N) is 3. The molecule has 0 amide bonds. The van der Waals surface area contributed by atoms with Crippen LogP contribution in [0.2, 0.25) is 5.02 Å². The molecule has 0 bridgehead atoms. The standard InChI is InChI=1S/C8H8ClN5S/c1-11-8(15)12-5-2-3-6(9)7(4-5)13-14-10/h2-4H,1H3,(H2,11,12,15). The molecule has 1 aromatic carbocycles. The maximum Gasteiger partial charge on any atom is 0.170 e. The molecule has 0 spiro atoms. The van der Waals surface area contributed by atoms with Gasteiger partial charge in [0.15, 0.2) is 5.11 Å². The number of hydrogen-bond acceptors (Lipinski definition) is 2. The minimum absolute atomic E-state index is 0.364. The smallest absolute Gasteiger partial charge is 0.170 e. The summed E-state index contributed by atoms with van der Waals surface area (Å²) in [5.41, 5.74) is 9.38. The number of anilines is 1. The van der Waals surface area contributed by atoms with E-state index in [2.05, 4.69) is 20.7 Å². The molecule has 1 aromatic rings. The van der Waals surface area contributed by atoms with Gasteiger partial charge in [-0.1, -0.05) is 16.7 Å². The van der Waals surface area contributed by atoms with E-state index in [0.29, 0.717) is 21.5 Å². The summed E-state index contributed by atoms with van der Waals surface area (Å²) in [7, 11) is 1.71. The molecule has 0 aromatic heterocycles. The quantitative estimate of drug-likeness (QED) is 0.361. The van der Waals surface area contributed by atoms with Gasteiger partial charge in [-0.3, -0.25) is 0 Å². The van der Waals surface area contributed by atoms with E-state index in [1.54, 1.807) is 25.2 Å². The predicted molar refractivity (Wildman–Crippen MR) is 65.5 cm³/mol. The summed E-state index contributed by atoms with van der Waals surface area (Å²) < 4.78 is 0. The Bertz CT molecular complexity index is 427. The van der Waals surface area contributed by atoms with Gasteiger partial charge in [-0.2, -0.15) is 0 Å². The van der Waals surface area contributed by atoms with Gasteiger partial charge >= 0.3 is 0 Å². The van der Waals surface area contributed by atoms with Crippen LogP contribution in [0.3, 0.4) is 0 Å². The van der Waals surface area contributed by atoms with Crippen molar-refractivity contribution in [2.45, 2.75) is 0 Å². The minimum atomic E-state index is 0.364. The lowest BCUT2D eigenvalue weighted by atomic mass is 10.3. The second-order valence-electron chi connectivity index (χ2n) is 2.56. The van der Waals surface area contributed by atoms with Gasteiger partial charge in [0.1, 0.15) is 0 Å². The molecular formula is C8H8ClN5S. The fourth-order valence-corrected chi connectivity index (χ4v) is 1.18. The van der Waals surface area contributed by atoms with Gasteiger partial charge in [0, 0.05) is 17.6 Å². The van der Waals surface area contributed by atoms with Crippen LogP contribution in [0.4, 0.5) is 11.4 Å². The maximum atomic E-state index is 8.30. The van der Waals surface area contributed by atoms with Crippen molar-refractivity contribution in [3.05, 3.63) is 33.7 Å². The number of rotatable bonds is 2. The first-order valence-electron chi connectivity index (χ1n) is 4.00. The monoisotopic (exact) mass is 241 g/mol. The van der Waals surface area contributed by atoms with Crippen molar-refractivity contribution >= 4 is 40.3 Å². The van der Waals surface area contributed by atoms with Crippen LogP contribution in [0, 0.1) is 0 Å². The first-order chi connectivity index (χ1) is 7.17. The Morgan fingerprint density at radius 3 is 2.93 bits per heavy atom. The van der Waals surface area contributed by atoms with Crippen molar-refractivity contribution in [1.29, 1.82) is 0 Å². The van der Waals surface area contributed by atoms with Crippen LogP contribution in [-0.2, 0) is 0 Å². The van der Waals surface area contributed by atoms with Crippen LogP contribution >= 0.6 is 23.8 Å². The molecule has 0 aliphatic carbocycles. The van der Waals surface area contributed by atoms with E-state index in [-0.39, 0.29) is 0 Å². The van der Waals surface area contributed by atoms with E-state index in [4.69, 9.17) is 29.3 Å². The molecule has 0 aliphatic rings. The summed E-state index contributed by atoms with van der Waals surface area (Å²) in [6, 6.07) is 4.99. The van der Waals surface area contributed by atoms with Crippen molar-refractivity contribution in [3.8, 4) is 0 Å². The summed E-state index contributed by atoms with van der Waals surface area (Å²) in [4.78, 5) is 2.67. The lowest BCUT2D eigenvalue weighted by Gasteiger charge is -2.07. The Balaban J connectivity index is 2.97. The van der Waals surface area contributed by atoms with Crippen molar-refractivity contribution in [1.82, 2.24) is 5.32 Å². The topological polar surface area (TPSA) is 72.8 Å². The van der Waals surface area contributed by atoms with E-state index < -0.39 is 0 Å². The van der Waals surface area contributed by atoms with Crippen molar-refractivity contribution in [2.75, 3.05) is 12.4 Å². The number of halogens is 1. The summed E-state index contributed by atoms with van der Waals surface area (Å²) in [6.45, 7) is 0. The molecule has 0 radical (unpaired) electrons. The molecule has 7 heteroatoms. The third-order valence-electron chi connectivity index (χ3n) is 1.58. The molecule has 78 valence electrons. The highest BCUT2D eigenvalue weighted by Crippen LogP contribution is 2.28. The summed E-state index contributed by atoms with van der Waals surface area (Å²) in [6.07, 6.45) is 0. The highest BCUT2D eigenvalue weighted by Gasteiger charge is 2.00. The number of thiocarbonyl (C=S) groups is 1. The third-order valence-corrected chi connectivity index (χ3v) is 2.21. The van der Waals surface area contributed by atoms with Crippen LogP contribution in [0.15, 0.2) is 23.3 Å². The zero-order valence-corrected chi connectivity index (χ0v) is 9.43. The zero-order chi connectivity index (χ0) is 11.3. The van der Waals surface area contributed by atoms with Gasteiger partial charge in [0.05, 0.1) is 10.7 Å². The Kier molecular flexibility index (Phi) is 4.17. The Hall–Kier alpha value is -1.49. The van der Waals surface area contributed by atoms with Crippen LogP contribution in [0.1, 0.15) is 0 Å². The van der Waals surface area contributed by atoms with Gasteiger partial charge in [0.2, 0.25) is 0 Å². The van der Waals surface area contributed by atoms with E-state index >= 15 is 0 Å². The summed E-state index contributed by atoms with van der Waals surface area (Å²) in [5, 5.41) is 9.98. The minimum Gasteiger partial charge on any atom is -0.366 e. The summed E-state index contributed by atoms with van der Waals surface area (Å²) in [5.74, 6) is 0. The van der Waals surface area contributed by atoms with Crippen molar-refractivity contribution in [2.24, 2.45) is 5.11 Å². The zero-order valence-electron chi connectivity index (χ0n) is 7.86. The molecule has 0 unspecified atom stereocenters. The van der Waals surface area contributed by atoms with E-state index in [0.717, 1.165) is 0 Å². The van der Waals surface area contributed by atoms with E-state index in [9.17, 15) is 0 Å². The fraction of sp³-hybridized carbons (Fsp3) is 0.125. The largest absolute Gasteiger partial charge is 0.366 e. The predicted octanol–water partition coefficient (Wildman–Crippen LogP) is 3.20. The fourth-order valence-electron chi connectivity index (χ4n) is 0.909. The van der Waals surface area contributed by atoms with Crippen molar-refractivity contribution < 1.29 is 0 Å². The van der Waals surface area contributed by atoms with E-state index in [1.165, 1.54) is 0 Å². The molecule has 0 aliphatic heterocycles. The number of azide groups is 1. The Morgan fingerprint density at radius 2 is 2.33 bits per heavy atom. The molecular weight excluding hydrogens is 234 g/mol. The highest BCUT2D eigenvalue weighted by atomic mass is 35.5. The Labute approximate surface area is 97.1 Å². The second kappa shape index (κ2) is 5.41. The molecule has 0 atom stereocenters. The van der Waals surface area contributed by atoms with Gasteiger partial charge in [-0.05, 0) is 35.9 Å². The van der Waals surface area contributed by atoms with Crippen LogP contribution in [0.5, 0.6) is 0 Å². The highest BCUT2D eigenvalue weighted by molar-refractivity contribution is 7.80. The van der Waals surface area contributed by atoms with E-state index in [1.807, 2.05) is 0 Å². The van der Waals surface area contributed by atoms with Gasteiger partial charge in [-0.25, -0.2) is 0 Å². The first kappa shape index (κ1) is 11.6. The molecule has 0 saturated carbocycles. The number of nitrogens with one attached hydrogen (secondary N) is 2. The number of hydrogen-bond donors (Lipinski definition) is 2. The normalized spacial score (nSPS) is 8.93. The summed E-state index contributed by atoms with van der Waals surface area (Å²) >= 11 is 10.7. The Morgan fingerprint density at radius 1 is 1.60 bits per heavy atom. The molecule has 0 fully saturated rings. The average molecular weight is 242 g/mol. The molecule has 15 heavy (non-hydrogen) atoms. The van der Waals surface area contributed by atoms with Crippen molar-refractivity contribution in [3.63, 3.8) is 0 Å². The van der Waals surface area contributed by atoms with Gasteiger partial charge in [0.25, 0.3) is 0 Å². The average Bonchev–Trinajstić information content (AvgIpc) is 2.23. The third kappa shape index (κ3) is 3.28. The lowest BCUT2D eigenvalue weighted by molar-refractivity contribution is 1.20. The second-order valence-corrected chi connectivity index (χ2v) is 3.38. The maximum absolute atomic E-state index is 8.30. The lowest BCUT2D eigenvalue weighted by Crippen LogP contribution is -2.23. The SMILES string of the molecule is CNC(=S)Nc1ccc(Cl)c(N=[N+]=[N-])c1. The molecule has 1 rings (SSSR count). The first-order valence-corrected chi connectivity index (χ1v) is 4.79. The molecule has 5 nitrogen and oxygen atoms in total. The number of benzene rings is 1. The molecule has 0 saturated heterocycles. The molecule has 0 heterocycles. The van der Waals surface area contributed by atoms with Crippen LogP contribution in [0.25, 0.3) is 10.4 Å². The van der Waals surface area contributed by atoms with Gasteiger partial charge < -0.3 is 10.6 Å². The van der Waals surface area contributed by atoms with Crippen LogP contribution in [-0.4, -0.2) is 12.2 Å². The van der Waals surface area contributed by atoms with Gasteiger partial charge in [-0.15, -0.1) is 0 Å². The molecule has 2 N–H and O–H groups in total. The van der Waals surface area contributed by atoms with Crippen LogP contribution < -0.4 is 10.6 Å².